The van der Waals surface area contributed by atoms with E-state index in [1.54, 1.807) is 13.8 Å². The Morgan fingerprint density at radius 3 is 2.05 bits per heavy atom. The zero-order valence-corrected chi connectivity index (χ0v) is 13.8. The molecule has 1 aliphatic rings. The Balaban J connectivity index is 2.34. The summed E-state index contributed by atoms with van der Waals surface area (Å²) in [4.78, 5) is 24.8. The lowest BCUT2D eigenvalue weighted by molar-refractivity contribution is -0.181. The fourth-order valence-corrected chi connectivity index (χ4v) is 3.08. The van der Waals surface area contributed by atoms with Gasteiger partial charge in [-0.3, -0.25) is 9.59 Å². The third-order valence-corrected chi connectivity index (χ3v) is 4.50. The van der Waals surface area contributed by atoms with Crippen molar-refractivity contribution in [3.05, 3.63) is 34.3 Å². The van der Waals surface area contributed by atoms with Crippen LogP contribution in [0.15, 0.2) is 28.7 Å². The zero-order chi connectivity index (χ0) is 15.5. The number of carbonyl (C=O) groups excluding carboxylic acids is 2. The quantitative estimate of drug-likeness (QED) is 0.600. The topological polar surface area (TPSA) is 52.6 Å². The van der Waals surface area contributed by atoms with Crippen LogP contribution >= 0.6 is 15.9 Å². The van der Waals surface area contributed by atoms with E-state index in [1.807, 2.05) is 24.3 Å². The molecule has 114 valence electrons. The van der Waals surface area contributed by atoms with E-state index >= 15 is 0 Å². The van der Waals surface area contributed by atoms with Gasteiger partial charge in [-0.25, -0.2) is 0 Å². The van der Waals surface area contributed by atoms with E-state index in [4.69, 9.17) is 9.47 Å². The van der Waals surface area contributed by atoms with Crippen molar-refractivity contribution >= 4 is 27.9 Å². The van der Waals surface area contributed by atoms with E-state index in [-0.39, 0.29) is 19.1 Å². The molecule has 1 atom stereocenters. The maximum atomic E-state index is 12.4. The second-order valence-electron chi connectivity index (χ2n) is 5.06. The summed E-state index contributed by atoms with van der Waals surface area (Å²) in [5.41, 5.74) is -0.217. The van der Waals surface area contributed by atoms with Gasteiger partial charge < -0.3 is 9.47 Å². The minimum absolute atomic E-state index is 0.177. The summed E-state index contributed by atoms with van der Waals surface area (Å²) < 4.78 is 11.2. The minimum Gasteiger partial charge on any atom is -0.465 e. The summed E-state index contributed by atoms with van der Waals surface area (Å²) in [6.07, 6.45) is 1.25. The average Bonchev–Trinajstić information content (AvgIpc) is 2.41. The fourth-order valence-electron chi connectivity index (χ4n) is 2.82. The molecular weight excluding hydrogens is 336 g/mol. The molecule has 1 saturated carbocycles. The van der Waals surface area contributed by atoms with Crippen LogP contribution in [0.5, 0.6) is 0 Å². The first kappa shape index (κ1) is 16.0. The average molecular weight is 355 g/mol. The van der Waals surface area contributed by atoms with Gasteiger partial charge in [0, 0.05) is 10.4 Å². The van der Waals surface area contributed by atoms with Crippen molar-refractivity contribution in [3.63, 3.8) is 0 Å². The van der Waals surface area contributed by atoms with Crippen molar-refractivity contribution in [2.24, 2.45) is 5.41 Å². The first-order valence-corrected chi connectivity index (χ1v) is 7.95. The molecule has 4 nitrogen and oxygen atoms in total. The van der Waals surface area contributed by atoms with Crippen molar-refractivity contribution in [1.82, 2.24) is 0 Å². The third kappa shape index (κ3) is 2.84. The van der Waals surface area contributed by atoms with Crippen LogP contribution in [0.3, 0.4) is 0 Å². The summed E-state index contributed by atoms with van der Waals surface area (Å²) >= 11 is 3.39. The van der Waals surface area contributed by atoms with E-state index in [1.165, 1.54) is 0 Å². The maximum absolute atomic E-state index is 12.4. The van der Waals surface area contributed by atoms with E-state index in [9.17, 15) is 9.59 Å². The Hall–Kier alpha value is -1.36. The summed E-state index contributed by atoms with van der Waals surface area (Å²) in [6, 6.07) is 7.69. The van der Waals surface area contributed by atoms with Crippen molar-refractivity contribution in [3.8, 4) is 0 Å². The molecule has 1 fully saturated rings. The smallest absolute Gasteiger partial charge is 0.324 e. The Labute approximate surface area is 132 Å². The standard InChI is InChI=1S/C16H19BrO4/c1-3-20-14(18)16(15(19)21-4-2)10-9-13(16)11-5-7-12(17)8-6-11/h5-8,13H,3-4,9-10H2,1-2H3. The van der Waals surface area contributed by atoms with Gasteiger partial charge >= 0.3 is 11.9 Å². The molecule has 0 radical (unpaired) electrons. The van der Waals surface area contributed by atoms with Crippen LogP contribution < -0.4 is 0 Å². The summed E-state index contributed by atoms with van der Waals surface area (Å²) in [6.45, 7) is 3.99. The van der Waals surface area contributed by atoms with Crippen molar-refractivity contribution in [1.29, 1.82) is 0 Å². The molecule has 1 aliphatic carbocycles. The van der Waals surface area contributed by atoms with Crippen LogP contribution in [0.1, 0.15) is 38.2 Å². The number of carbonyl (C=O) groups is 2. The van der Waals surface area contributed by atoms with Gasteiger partial charge in [0.05, 0.1) is 13.2 Å². The molecule has 0 N–H and O–H groups in total. The number of hydrogen-bond acceptors (Lipinski definition) is 4. The lowest BCUT2D eigenvalue weighted by Crippen LogP contribution is -2.53. The Morgan fingerprint density at radius 2 is 1.67 bits per heavy atom. The molecule has 0 amide bonds. The number of ether oxygens (including phenoxy) is 2. The molecule has 5 heteroatoms. The molecular formula is C16H19BrO4. The van der Waals surface area contributed by atoms with Gasteiger partial charge in [0.15, 0.2) is 5.41 Å². The predicted molar refractivity (Wildman–Crippen MR) is 81.8 cm³/mol. The molecule has 1 unspecified atom stereocenters. The minimum atomic E-state index is -1.18. The number of halogens is 1. The van der Waals surface area contributed by atoms with E-state index < -0.39 is 17.4 Å². The van der Waals surface area contributed by atoms with Crippen LogP contribution in [-0.2, 0) is 19.1 Å². The number of rotatable bonds is 5. The molecule has 0 aromatic heterocycles. The van der Waals surface area contributed by atoms with Gasteiger partial charge in [-0.2, -0.15) is 0 Å². The van der Waals surface area contributed by atoms with E-state index in [2.05, 4.69) is 15.9 Å². The van der Waals surface area contributed by atoms with Crippen LogP contribution in [0.4, 0.5) is 0 Å². The normalized spacial score (nSPS) is 19.5. The van der Waals surface area contributed by atoms with Crippen LogP contribution in [0, 0.1) is 5.41 Å². The monoisotopic (exact) mass is 354 g/mol. The van der Waals surface area contributed by atoms with Gasteiger partial charge in [-0.1, -0.05) is 28.1 Å². The van der Waals surface area contributed by atoms with Gasteiger partial charge in [-0.15, -0.1) is 0 Å². The third-order valence-electron chi connectivity index (χ3n) is 3.97. The van der Waals surface area contributed by atoms with E-state index in [0.717, 1.165) is 16.5 Å². The molecule has 0 heterocycles. The second kappa shape index (κ2) is 6.60. The molecule has 0 spiro atoms. The zero-order valence-electron chi connectivity index (χ0n) is 12.2. The first-order valence-electron chi connectivity index (χ1n) is 7.16. The maximum Gasteiger partial charge on any atom is 0.324 e. The SMILES string of the molecule is CCOC(=O)C1(C(=O)OCC)CCC1c1ccc(Br)cc1. The predicted octanol–water partition coefficient (Wildman–Crippen LogP) is 3.44. The van der Waals surface area contributed by atoms with Gasteiger partial charge in [0.2, 0.25) is 0 Å². The molecule has 21 heavy (non-hydrogen) atoms. The van der Waals surface area contributed by atoms with Crippen LogP contribution in [0.25, 0.3) is 0 Å². The molecule has 0 bridgehead atoms. The van der Waals surface area contributed by atoms with Gasteiger partial charge in [0.25, 0.3) is 0 Å². The molecule has 1 aromatic carbocycles. The number of hydrogen-bond donors (Lipinski definition) is 0. The molecule has 0 saturated heterocycles. The van der Waals surface area contributed by atoms with Crippen molar-refractivity contribution in [2.75, 3.05) is 13.2 Å². The Morgan fingerprint density at radius 1 is 1.14 bits per heavy atom. The van der Waals surface area contributed by atoms with Crippen molar-refractivity contribution < 1.29 is 19.1 Å². The number of esters is 2. The Kier molecular flexibility index (Phi) is 5.04. The van der Waals surface area contributed by atoms with Gasteiger partial charge in [0.1, 0.15) is 0 Å². The summed E-state index contributed by atoms with van der Waals surface area (Å²) in [7, 11) is 0. The van der Waals surface area contributed by atoms with Crippen LogP contribution in [-0.4, -0.2) is 25.2 Å². The lowest BCUT2D eigenvalue weighted by atomic mass is 9.57. The summed E-state index contributed by atoms with van der Waals surface area (Å²) in [5.74, 6) is -1.12. The first-order chi connectivity index (χ1) is 10.1. The second-order valence-corrected chi connectivity index (χ2v) is 5.97. The largest absolute Gasteiger partial charge is 0.465 e. The molecule has 1 aromatic rings. The van der Waals surface area contributed by atoms with Gasteiger partial charge in [-0.05, 0) is 44.4 Å². The molecule has 2 rings (SSSR count). The highest BCUT2D eigenvalue weighted by Crippen LogP contribution is 2.54. The molecule has 0 aliphatic heterocycles. The van der Waals surface area contributed by atoms with Crippen molar-refractivity contribution in [2.45, 2.75) is 32.6 Å². The van der Waals surface area contributed by atoms with E-state index in [0.29, 0.717) is 6.42 Å². The highest BCUT2D eigenvalue weighted by molar-refractivity contribution is 9.10. The Bertz CT molecular complexity index is 506. The highest BCUT2D eigenvalue weighted by Gasteiger charge is 2.61. The number of benzene rings is 1. The fraction of sp³-hybridized carbons (Fsp3) is 0.500. The summed E-state index contributed by atoms with van der Waals surface area (Å²) in [5, 5.41) is 0. The van der Waals surface area contributed by atoms with Crippen LogP contribution in [0.2, 0.25) is 0 Å². The lowest BCUT2D eigenvalue weighted by Gasteiger charge is -2.45. The highest BCUT2D eigenvalue weighted by atomic mass is 79.9.